The lowest BCUT2D eigenvalue weighted by atomic mass is 10.4. The Labute approximate surface area is 102 Å². The molecule has 6 nitrogen and oxygen atoms in total. The summed E-state index contributed by atoms with van der Waals surface area (Å²) in [6.07, 6.45) is 1.09. The zero-order chi connectivity index (χ0) is 12.1. The van der Waals surface area contributed by atoms with Crippen LogP contribution in [-0.2, 0) is 6.54 Å². The van der Waals surface area contributed by atoms with Gasteiger partial charge in [0, 0.05) is 12.6 Å². The fourth-order valence-electron chi connectivity index (χ4n) is 1.26. The molecule has 7 heteroatoms. The summed E-state index contributed by atoms with van der Waals surface area (Å²) in [7, 11) is 0. The monoisotopic (exact) mass is 251 g/mol. The third-order valence-electron chi connectivity index (χ3n) is 2.07. The number of aromatic nitrogens is 4. The van der Waals surface area contributed by atoms with Crippen molar-refractivity contribution in [2.45, 2.75) is 19.9 Å². The Kier molecular flexibility index (Phi) is 3.94. The highest BCUT2D eigenvalue weighted by Gasteiger charge is 2.07. The lowest BCUT2D eigenvalue weighted by molar-refractivity contribution is 0.668. The first-order chi connectivity index (χ1) is 8.29. The molecule has 0 aliphatic carbocycles. The second-order valence-corrected chi connectivity index (χ2v) is 4.55. The Morgan fingerprint density at radius 3 is 3.00 bits per heavy atom. The van der Waals surface area contributed by atoms with Gasteiger partial charge in [-0.15, -0.1) is 10.2 Å². The molecule has 0 atom stereocenters. The van der Waals surface area contributed by atoms with E-state index in [1.54, 1.807) is 6.07 Å². The average molecular weight is 251 g/mol. The molecular formula is C10H13N5OS. The van der Waals surface area contributed by atoms with Gasteiger partial charge >= 0.3 is 0 Å². The highest BCUT2D eigenvalue weighted by molar-refractivity contribution is 7.14. The number of nitrogens with zero attached hydrogens (tertiary/aromatic N) is 3. The van der Waals surface area contributed by atoms with Crippen molar-refractivity contribution >= 4 is 11.3 Å². The fraction of sp³-hybridized carbons (Fsp3) is 0.400. The molecule has 2 aromatic heterocycles. The molecular weight excluding hydrogens is 238 g/mol. The first-order valence-corrected chi connectivity index (χ1v) is 6.20. The Morgan fingerprint density at radius 1 is 1.41 bits per heavy atom. The van der Waals surface area contributed by atoms with Gasteiger partial charge in [-0.3, -0.25) is 4.79 Å². The van der Waals surface area contributed by atoms with E-state index in [0.717, 1.165) is 29.5 Å². The predicted octanol–water partition coefficient (Wildman–Crippen LogP) is 0.788. The van der Waals surface area contributed by atoms with E-state index in [2.05, 4.69) is 32.6 Å². The van der Waals surface area contributed by atoms with E-state index in [4.69, 9.17) is 0 Å². The SMILES string of the molecule is CCCNCc1nnc(-c2ccc(=O)[nH]n2)s1. The van der Waals surface area contributed by atoms with Gasteiger partial charge in [0.25, 0.3) is 5.56 Å². The molecule has 0 radical (unpaired) electrons. The number of rotatable bonds is 5. The van der Waals surface area contributed by atoms with Crippen LogP contribution in [0.1, 0.15) is 18.4 Å². The van der Waals surface area contributed by atoms with Gasteiger partial charge in [0.15, 0.2) is 5.01 Å². The van der Waals surface area contributed by atoms with Gasteiger partial charge in [-0.05, 0) is 19.0 Å². The van der Waals surface area contributed by atoms with Gasteiger partial charge in [-0.25, -0.2) is 5.10 Å². The molecule has 0 spiro atoms. The Bertz CT molecular complexity index is 515. The lowest BCUT2D eigenvalue weighted by Crippen LogP contribution is -2.13. The van der Waals surface area contributed by atoms with E-state index >= 15 is 0 Å². The normalized spacial score (nSPS) is 10.6. The summed E-state index contributed by atoms with van der Waals surface area (Å²) in [6, 6.07) is 3.07. The largest absolute Gasteiger partial charge is 0.310 e. The van der Waals surface area contributed by atoms with E-state index in [1.165, 1.54) is 17.4 Å². The highest BCUT2D eigenvalue weighted by Crippen LogP contribution is 2.19. The maximum absolute atomic E-state index is 10.9. The van der Waals surface area contributed by atoms with E-state index < -0.39 is 0 Å². The second kappa shape index (κ2) is 5.65. The molecule has 2 heterocycles. The fourth-order valence-corrected chi connectivity index (χ4v) is 2.04. The van der Waals surface area contributed by atoms with Crippen molar-refractivity contribution in [1.29, 1.82) is 0 Å². The molecule has 0 aliphatic heterocycles. The Hall–Kier alpha value is -1.60. The molecule has 0 saturated carbocycles. The molecule has 90 valence electrons. The maximum Gasteiger partial charge on any atom is 0.264 e. The number of aromatic amines is 1. The summed E-state index contributed by atoms with van der Waals surface area (Å²) in [6.45, 7) is 3.80. The molecule has 0 fully saturated rings. The zero-order valence-corrected chi connectivity index (χ0v) is 10.3. The minimum atomic E-state index is -0.219. The first-order valence-electron chi connectivity index (χ1n) is 5.39. The van der Waals surface area contributed by atoms with Gasteiger partial charge in [0.1, 0.15) is 10.7 Å². The molecule has 0 bridgehead atoms. The molecule has 2 aromatic rings. The van der Waals surface area contributed by atoms with Crippen LogP contribution in [0, 0.1) is 0 Å². The van der Waals surface area contributed by atoms with E-state index in [-0.39, 0.29) is 5.56 Å². The van der Waals surface area contributed by atoms with Crippen LogP contribution in [0.5, 0.6) is 0 Å². The van der Waals surface area contributed by atoms with Crippen molar-refractivity contribution in [2.24, 2.45) is 0 Å². The molecule has 2 N–H and O–H groups in total. The standard InChI is InChI=1S/C10H13N5OS/c1-2-5-11-6-9-14-15-10(17-9)7-3-4-8(16)13-12-7/h3-4,11H,2,5-6H2,1H3,(H,13,16). The van der Waals surface area contributed by atoms with Crippen molar-refractivity contribution in [3.63, 3.8) is 0 Å². The van der Waals surface area contributed by atoms with Crippen molar-refractivity contribution in [1.82, 2.24) is 25.7 Å². The third-order valence-corrected chi connectivity index (χ3v) is 3.01. The summed E-state index contributed by atoms with van der Waals surface area (Å²) >= 11 is 1.47. The van der Waals surface area contributed by atoms with E-state index in [1.807, 2.05) is 0 Å². The smallest absolute Gasteiger partial charge is 0.264 e. The van der Waals surface area contributed by atoms with Gasteiger partial charge in [-0.1, -0.05) is 18.3 Å². The second-order valence-electron chi connectivity index (χ2n) is 3.48. The molecule has 0 amide bonds. The van der Waals surface area contributed by atoms with Crippen LogP contribution in [0.2, 0.25) is 0 Å². The highest BCUT2D eigenvalue weighted by atomic mass is 32.1. The maximum atomic E-state index is 10.9. The van der Waals surface area contributed by atoms with Crippen LogP contribution in [-0.4, -0.2) is 26.9 Å². The summed E-state index contributed by atoms with van der Waals surface area (Å²) < 4.78 is 0. The number of nitrogens with one attached hydrogen (secondary N) is 2. The Morgan fingerprint density at radius 2 is 2.29 bits per heavy atom. The first kappa shape index (κ1) is 11.9. The third kappa shape index (κ3) is 3.18. The van der Waals surface area contributed by atoms with Gasteiger partial charge in [-0.2, -0.15) is 5.10 Å². The number of hydrogen-bond donors (Lipinski definition) is 2. The van der Waals surface area contributed by atoms with Gasteiger partial charge in [0.05, 0.1) is 0 Å². The molecule has 0 unspecified atom stereocenters. The van der Waals surface area contributed by atoms with Crippen molar-refractivity contribution in [2.75, 3.05) is 6.54 Å². The van der Waals surface area contributed by atoms with Crippen LogP contribution in [0.25, 0.3) is 10.7 Å². The van der Waals surface area contributed by atoms with Crippen molar-refractivity contribution in [3.8, 4) is 10.7 Å². The van der Waals surface area contributed by atoms with Gasteiger partial charge < -0.3 is 5.32 Å². The van der Waals surface area contributed by atoms with Crippen LogP contribution in [0.3, 0.4) is 0 Å². The zero-order valence-electron chi connectivity index (χ0n) is 9.43. The quantitative estimate of drug-likeness (QED) is 0.767. The predicted molar refractivity (Wildman–Crippen MR) is 65.8 cm³/mol. The minimum Gasteiger partial charge on any atom is -0.310 e. The van der Waals surface area contributed by atoms with Crippen LogP contribution in [0.4, 0.5) is 0 Å². The number of H-pyrrole nitrogens is 1. The molecule has 2 rings (SSSR count). The average Bonchev–Trinajstić information content (AvgIpc) is 2.79. The summed E-state index contributed by atoms with van der Waals surface area (Å²) in [5, 5.41) is 19.3. The minimum absolute atomic E-state index is 0.219. The van der Waals surface area contributed by atoms with Crippen LogP contribution < -0.4 is 10.9 Å². The molecule has 0 aromatic carbocycles. The van der Waals surface area contributed by atoms with E-state index in [0.29, 0.717) is 5.69 Å². The molecule has 17 heavy (non-hydrogen) atoms. The van der Waals surface area contributed by atoms with Crippen molar-refractivity contribution in [3.05, 3.63) is 27.5 Å². The topological polar surface area (TPSA) is 83.6 Å². The lowest BCUT2D eigenvalue weighted by Gasteiger charge is -1.96. The molecule has 0 saturated heterocycles. The van der Waals surface area contributed by atoms with E-state index in [9.17, 15) is 4.79 Å². The van der Waals surface area contributed by atoms with Crippen molar-refractivity contribution < 1.29 is 0 Å². The summed E-state index contributed by atoms with van der Waals surface area (Å²) in [5.74, 6) is 0. The van der Waals surface area contributed by atoms with Crippen LogP contribution >= 0.6 is 11.3 Å². The molecule has 0 aliphatic rings. The van der Waals surface area contributed by atoms with Crippen LogP contribution in [0.15, 0.2) is 16.9 Å². The summed E-state index contributed by atoms with van der Waals surface area (Å²) in [4.78, 5) is 10.9. The van der Waals surface area contributed by atoms with Gasteiger partial charge in [0.2, 0.25) is 0 Å². The Balaban J connectivity index is 2.07. The number of hydrogen-bond acceptors (Lipinski definition) is 6. The summed E-state index contributed by atoms with van der Waals surface area (Å²) in [5.41, 5.74) is 0.423.